The van der Waals surface area contributed by atoms with Crippen LogP contribution in [-0.2, 0) is 17.9 Å². The quantitative estimate of drug-likeness (QED) is 0.371. The van der Waals surface area contributed by atoms with Gasteiger partial charge in [-0.1, -0.05) is 0 Å². The molecule has 0 unspecified atom stereocenters. The predicted molar refractivity (Wildman–Crippen MR) is 86.8 cm³/mol. The van der Waals surface area contributed by atoms with Gasteiger partial charge in [0.15, 0.2) is 5.96 Å². The number of carbonyl (C=O) groups is 1. The second-order valence-electron chi connectivity index (χ2n) is 4.83. The molecule has 2 heterocycles. The molecule has 8 nitrogen and oxygen atoms in total. The van der Waals surface area contributed by atoms with Gasteiger partial charge in [-0.3, -0.25) is 14.5 Å². The number of furan rings is 1. The van der Waals surface area contributed by atoms with Gasteiger partial charge in [0.1, 0.15) is 5.76 Å². The Labute approximate surface area is 135 Å². The molecule has 124 valence electrons. The van der Waals surface area contributed by atoms with Crippen molar-refractivity contribution in [1.82, 2.24) is 25.7 Å². The zero-order valence-corrected chi connectivity index (χ0v) is 13.2. The van der Waals surface area contributed by atoms with Crippen molar-refractivity contribution >= 4 is 11.9 Å². The SMILES string of the molecule is CN=C(NCCCn1cccn1)NCC(=O)NCc1ccco1. The molecule has 1 amide bonds. The van der Waals surface area contributed by atoms with Crippen LogP contribution in [0.4, 0.5) is 0 Å². The van der Waals surface area contributed by atoms with Crippen LogP contribution in [0.25, 0.3) is 0 Å². The lowest BCUT2D eigenvalue weighted by Crippen LogP contribution is -2.43. The van der Waals surface area contributed by atoms with Crippen LogP contribution in [0.5, 0.6) is 0 Å². The molecule has 2 aromatic rings. The molecule has 0 aliphatic heterocycles. The van der Waals surface area contributed by atoms with Crippen LogP contribution in [0, 0.1) is 0 Å². The minimum atomic E-state index is -0.124. The normalized spacial score (nSPS) is 11.3. The van der Waals surface area contributed by atoms with Gasteiger partial charge in [0.05, 0.1) is 19.4 Å². The summed E-state index contributed by atoms with van der Waals surface area (Å²) in [5.74, 6) is 1.19. The van der Waals surface area contributed by atoms with E-state index in [4.69, 9.17) is 4.42 Å². The van der Waals surface area contributed by atoms with Crippen LogP contribution >= 0.6 is 0 Å². The molecule has 0 aromatic carbocycles. The monoisotopic (exact) mass is 318 g/mol. The van der Waals surface area contributed by atoms with Crippen molar-refractivity contribution in [2.24, 2.45) is 4.99 Å². The molecule has 0 bridgehead atoms. The second kappa shape index (κ2) is 9.29. The smallest absolute Gasteiger partial charge is 0.239 e. The first-order chi connectivity index (χ1) is 11.3. The average molecular weight is 318 g/mol. The summed E-state index contributed by atoms with van der Waals surface area (Å²) in [6, 6.07) is 5.50. The van der Waals surface area contributed by atoms with Gasteiger partial charge < -0.3 is 20.4 Å². The maximum atomic E-state index is 11.7. The van der Waals surface area contributed by atoms with Crippen molar-refractivity contribution < 1.29 is 9.21 Å². The van der Waals surface area contributed by atoms with E-state index in [0.717, 1.165) is 25.3 Å². The first-order valence-electron chi connectivity index (χ1n) is 7.49. The van der Waals surface area contributed by atoms with Gasteiger partial charge in [-0.25, -0.2) is 0 Å². The third-order valence-corrected chi connectivity index (χ3v) is 3.10. The van der Waals surface area contributed by atoms with E-state index in [0.29, 0.717) is 12.5 Å². The van der Waals surface area contributed by atoms with Crippen LogP contribution in [0.2, 0.25) is 0 Å². The van der Waals surface area contributed by atoms with Gasteiger partial charge >= 0.3 is 0 Å². The number of aromatic nitrogens is 2. The molecule has 3 N–H and O–H groups in total. The van der Waals surface area contributed by atoms with Gasteiger partial charge in [-0.15, -0.1) is 0 Å². The van der Waals surface area contributed by atoms with Crippen LogP contribution in [0.15, 0.2) is 46.3 Å². The Kier molecular flexibility index (Phi) is 6.70. The Morgan fingerprint density at radius 3 is 2.96 bits per heavy atom. The zero-order valence-electron chi connectivity index (χ0n) is 13.2. The first kappa shape index (κ1) is 16.6. The number of hydrogen-bond acceptors (Lipinski definition) is 4. The predicted octanol–water partition coefficient (Wildman–Crippen LogP) is 0.348. The molecule has 0 radical (unpaired) electrons. The number of amides is 1. The third kappa shape index (κ3) is 6.25. The number of nitrogens with one attached hydrogen (secondary N) is 3. The summed E-state index contributed by atoms with van der Waals surface area (Å²) in [7, 11) is 1.67. The molecule has 2 aromatic heterocycles. The number of guanidine groups is 1. The number of aryl methyl sites for hydroxylation is 1. The van der Waals surface area contributed by atoms with E-state index >= 15 is 0 Å². The Hall–Kier alpha value is -2.77. The van der Waals surface area contributed by atoms with Gasteiger partial charge in [0.25, 0.3) is 0 Å². The second-order valence-corrected chi connectivity index (χ2v) is 4.83. The molecule has 0 saturated heterocycles. The fraction of sp³-hybridized carbons (Fsp3) is 0.400. The van der Waals surface area contributed by atoms with Crippen LogP contribution in [-0.4, -0.2) is 41.8 Å². The molecule has 0 saturated carbocycles. The van der Waals surface area contributed by atoms with E-state index in [2.05, 4.69) is 26.0 Å². The summed E-state index contributed by atoms with van der Waals surface area (Å²) >= 11 is 0. The minimum absolute atomic E-state index is 0.124. The van der Waals surface area contributed by atoms with Gasteiger partial charge in [0, 0.05) is 32.5 Å². The number of aliphatic imine (C=N–C) groups is 1. The summed E-state index contributed by atoms with van der Waals surface area (Å²) in [5, 5.41) is 13.0. The highest BCUT2D eigenvalue weighted by molar-refractivity contribution is 5.86. The molecule has 0 aliphatic carbocycles. The minimum Gasteiger partial charge on any atom is -0.467 e. The molecular formula is C15H22N6O2. The Bertz CT molecular complexity index is 592. The van der Waals surface area contributed by atoms with Crippen molar-refractivity contribution in [3.05, 3.63) is 42.6 Å². The highest BCUT2D eigenvalue weighted by Gasteiger charge is 2.04. The lowest BCUT2D eigenvalue weighted by atomic mass is 10.4. The van der Waals surface area contributed by atoms with E-state index < -0.39 is 0 Å². The Morgan fingerprint density at radius 2 is 2.26 bits per heavy atom. The van der Waals surface area contributed by atoms with E-state index in [1.54, 1.807) is 25.6 Å². The summed E-state index contributed by atoms with van der Waals surface area (Å²) < 4.78 is 7.02. The average Bonchev–Trinajstić information content (AvgIpc) is 3.25. The number of hydrogen-bond donors (Lipinski definition) is 3. The van der Waals surface area contributed by atoms with E-state index in [-0.39, 0.29) is 12.5 Å². The fourth-order valence-electron chi connectivity index (χ4n) is 1.93. The summed E-state index contributed by atoms with van der Waals surface area (Å²) in [6.45, 7) is 2.11. The Balaban J connectivity index is 1.57. The van der Waals surface area contributed by atoms with Gasteiger partial charge in [-0.2, -0.15) is 5.10 Å². The summed E-state index contributed by atoms with van der Waals surface area (Å²) in [6.07, 6.45) is 6.17. The molecule has 0 atom stereocenters. The molecule has 0 spiro atoms. The number of carbonyl (C=O) groups excluding carboxylic acids is 1. The van der Waals surface area contributed by atoms with Crippen molar-refractivity contribution in [2.45, 2.75) is 19.5 Å². The highest BCUT2D eigenvalue weighted by Crippen LogP contribution is 1.97. The van der Waals surface area contributed by atoms with Crippen molar-refractivity contribution in [3.8, 4) is 0 Å². The number of nitrogens with zero attached hydrogens (tertiary/aromatic N) is 3. The van der Waals surface area contributed by atoms with Crippen molar-refractivity contribution in [2.75, 3.05) is 20.1 Å². The van der Waals surface area contributed by atoms with Gasteiger partial charge in [0.2, 0.25) is 5.91 Å². The highest BCUT2D eigenvalue weighted by atomic mass is 16.3. The number of rotatable bonds is 8. The molecule has 0 aliphatic rings. The zero-order chi connectivity index (χ0) is 16.3. The maximum Gasteiger partial charge on any atom is 0.239 e. The van der Waals surface area contributed by atoms with Crippen LogP contribution in [0.1, 0.15) is 12.2 Å². The standard InChI is InChI=1S/C15H22N6O2/c1-16-15(17-6-3-8-21-9-4-7-20-21)19-12-14(22)18-11-13-5-2-10-23-13/h2,4-5,7,9-10H,3,6,8,11-12H2,1H3,(H,18,22)(H2,16,17,19). The molecular weight excluding hydrogens is 296 g/mol. The maximum absolute atomic E-state index is 11.7. The fourth-order valence-corrected chi connectivity index (χ4v) is 1.93. The van der Waals surface area contributed by atoms with Crippen molar-refractivity contribution in [1.29, 1.82) is 0 Å². The van der Waals surface area contributed by atoms with Crippen LogP contribution < -0.4 is 16.0 Å². The summed E-state index contributed by atoms with van der Waals surface area (Å²) in [5.41, 5.74) is 0. The van der Waals surface area contributed by atoms with E-state index in [1.165, 1.54) is 0 Å². The Morgan fingerprint density at radius 1 is 1.35 bits per heavy atom. The largest absolute Gasteiger partial charge is 0.467 e. The first-order valence-corrected chi connectivity index (χ1v) is 7.49. The van der Waals surface area contributed by atoms with Crippen molar-refractivity contribution in [3.63, 3.8) is 0 Å². The third-order valence-electron chi connectivity index (χ3n) is 3.10. The lowest BCUT2D eigenvalue weighted by Gasteiger charge is -2.11. The van der Waals surface area contributed by atoms with Crippen LogP contribution in [0.3, 0.4) is 0 Å². The topological polar surface area (TPSA) is 96.5 Å². The van der Waals surface area contributed by atoms with E-state index in [9.17, 15) is 4.79 Å². The molecule has 0 fully saturated rings. The summed E-state index contributed by atoms with van der Waals surface area (Å²) in [4.78, 5) is 15.8. The molecule has 23 heavy (non-hydrogen) atoms. The molecule has 2 rings (SSSR count). The lowest BCUT2D eigenvalue weighted by molar-refractivity contribution is -0.120. The van der Waals surface area contributed by atoms with Gasteiger partial charge in [-0.05, 0) is 24.6 Å². The molecule has 8 heteroatoms. The van der Waals surface area contributed by atoms with E-state index in [1.807, 2.05) is 23.0 Å².